The second-order valence-electron chi connectivity index (χ2n) is 5.99. The standard InChI is InChI=1S/C20H28FN3O3/c1-3-22-20(23-11-7-12-25-15-17-8-6-13-26-17)24-14-16(2)27-19-10-5-4-9-18(19)21/h4-6,8-10,13,16H,3,7,11-12,14-15H2,1-2H3,(H2,22,23,24). The van der Waals surface area contributed by atoms with Crippen molar-refractivity contribution in [3.8, 4) is 5.75 Å². The summed E-state index contributed by atoms with van der Waals surface area (Å²) in [7, 11) is 0. The summed E-state index contributed by atoms with van der Waals surface area (Å²) in [6.07, 6.45) is 2.23. The van der Waals surface area contributed by atoms with Gasteiger partial charge in [0.1, 0.15) is 18.5 Å². The van der Waals surface area contributed by atoms with E-state index in [1.54, 1.807) is 24.5 Å². The maximum absolute atomic E-state index is 13.6. The maximum atomic E-state index is 13.6. The van der Waals surface area contributed by atoms with Gasteiger partial charge in [-0.05, 0) is 44.5 Å². The molecule has 2 N–H and O–H groups in total. The van der Waals surface area contributed by atoms with Crippen LogP contribution in [0.1, 0.15) is 26.0 Å². The Labute approximate surface area is 159 Å². The van der Waals surface area contributed by atoms with E-state index in [9.17, 15) is 4.39 Å². The summed E-state index contributed by atoms with van der Waals surface area (Å²) in [5, 5.41) is 6.43. The first kappa shape index (κ1) is 20.8. The summed E-state index contributed by atoms with van der Waals surface area (Å²) in [5.74, 6) is 1.40. The van der Waals surface area contributed by atoms with Crippen LogP contribution in [-0.4, -0.2) is 38.3 Å². The molecule has 1 heterocycles. The van der Waals surface area contributed by atoms with Gasteiger partial charge in [0.2, 0.25) is 0 Å². The van der Waals surface area contributed by atoms with Crippen LogP contribution in [0, 0.1) is 5.82 Å². The highest BCUT2D eigenvalue weighted by molar-refractivity contribution is 5.79. The van der Waals surface area contributed by atoms with Crippen molar-refractivity contribution >= 4 is 5.96 Å². The first-order valence-electron chi connectivity index (χ1n) is 9.22. The molecule has 1 aromatic heterocycles. The Kier molecular flexibility index (Phi) is 9.20. The van der Waals surface area contributed by atoms with Gasteiger partial charge in [-0.25, -0.2) is 9.38 Å². The number of benzene rings is 1. The van der Waals surface area contributed by atoms with Gasteiger partial charge >= 0.3 is 0 Å². The number of guanidine groups is 1. The minimum absolute atomic E-state index is 0.242. The molecule has 2 rings (SSSR count). The molecule has 1 atom stereocenters. The topological polar surface area (TPSA) is 68.0 Å². The van der Waals surface area contributed by atoms with Crippen LogP contribution in [0.2, 0.25) is 0 Å². The van der Waals surface area contributed by atoms with Crippen molar-refractivity contribution in [2.24, 2.45) is 4.99 Å². The number of nitrogens with one attached hydrogen (secondary N) is 2. The monoisotopic (exact) mass is 377 g/mol. The SMILES string of the molecule is CCNC(=NCC(C)Oc1ccccc1F)NCCCOCc1ccco1. The van der Waals surface area contributed by atoms with E-state index in [-0.39, 0.29) is 17.7 Å². The van der Waals surface area contributed by atoms with Gasteiger partial charge in [0, 0.05) is 19.7 Å². The van der Waals surface area contributed by atoms with Gasteiger partial charge in [-0.1, -0.05) is 12.1 Å². The number of rotatable bonds is 11. The van der Waals surface area contributed by atoms with Gasteiger partial charge in [0.15, 0.2) is 17.5 Å². The molecule has 148 valence electrons. The third kappa shape index (κ3) is 8.13. The average molecular weight is 377 g/mol. The van der Waals surface area contributed by atoms with Gasteiger partial charge in [-0.2, -0.15) is 0 Å². The number of nitrogens with zero attached hydrogens (tertiary/aromatic N) is 1. The molecule has 0 spiro atoms. The van der Waals surface area contributed by atoms with E-state index in [4.69, 9.17) is 13.9 Å². The molecular formula is C20H28FN3O3. The van der Waals surface area contributed by atoms with Crippen molar-refractivity contribution in [2.45, 2.75) is 33.0 Å². The molecule has 27 heavy (non-hydrogen) atoms. The van der Waals surface area contributed by atoms with Crippen LogP contribution in [0.15, 0.2) is 52.1 Å². The zero-order valence-corrected chi connectivity index (χ0v) is 15.9. The number of para-hydroxylation sites is 1. The maximum Gasteiger partial charge on any atom is 0.191 e. The molecule has 7 heteroatoms. The van der Waals surface area contributed by atoms with Crippen molar-refractivity contribution in [1.82, 2.24) is 10.6 Å². The van der Waals surface area contributed by atoms with E-state index in [0.717, 1.165) is 25.3 Å². The van der Waals surface area contributed by atoms with Gasteiger partial charge in [0.25, 0.3) is 0 Å². The second-order valence-corrected chi connectivity index (χ2v) is 5.99. The molecule has 1 unspecified atom stereocenters. The summed E-state index contributed by atoms with van der Waals surface area (Å²) in [5.41, 5.74) is 0. The van der Waals surface area contributed by atoms with Gasteiger partial charge in [-0.3, -0.25) is 0 Å². The minimum Gasteiger partial charge on any atom is -0.486 e. The zero-order valence-electron chi connectivity index (χ0n) is 15.9. The van der Waals surface area contributed by atoms with Crippen LogP contribution in [0.5, 0.6) is 5.75 Å². The zero-order chi connectivity index (χ0) is 19.3. The molecule has 0 saturated heterocycles. The summed E-state index contributed by atoms with van der Waals surface area (Å²) >= 11 is 0. The first-order chi connectivity index (χ1) is 13.2. The van der Waals surface area contributed by atoms with E-state index in [0.29, 0.717) is 25.7 Å². The van der Waals surface area contributed by atoms with E-state index < -0.39 is 0 Å². The fraction of sp³-hybridized carbons (Fsp3) is 0.450. The van der Waals surface area contributed by atoms with Crippen molar-refractivity contribution < 1.29 is 18.3 Å². The van der Waals surface area contributed by atoms with Crippen LogP contribution in [-0.2, 0) is 11.3 Å². The summed E-state index contributed by atoms with van der Waals surface area (Å²) in [4.78, 5) is 4.49. The van der Waals surface area contributed by atoms with Crippen molar-refractivity contribution in [3.63, 3.8) is 0 Å². The summed E-state index contributed by atoms with van der Waals surface area (Å²) < 4.78 is 30.0. The lowest BCUT2D eigenvalue weighted by Crippen LogP contribution is -2.38. The highest BCUT2D eigenvalue weighted by atomic mass is 19.1. The largest absolute Gasteiger partial charge is 0.486 e. The second kappa shape index (κ2) is 12.0. The predicted molar refractivity (Wildman–Crippen MR) is 103 cm³/mol. The lowest BCUT2D eigenvalue weighted by atomic mass is 10.3. The minimum atomic E-state index is -0.368. The molecule has 0 fully saturated rings. The van der Waals surface area contributed by atoms with Crippen LogP contribution < -0.4 is 15.4 Å². The molecular weight excluding hydrogens is 349 g/mol. The van der Waals surface area contributed by atoms with Crippen LogP contribution in [0.3, 0.4) is 0 Å². The normalized spacial score (nSPS) is 12.6. The average Bonchev–Trinajstić information content (AvgIpc) is 3.18. The Bertz CT molecular complexity index is 677. The molecule has 0 saturated carbocycles. The Morgan fingerprint density at radius 1 is 1.22 bits per heavy atom. The van der Waals surface area contributed by atoms with E-state index in [1.165, 1.54) is 6.07 Å². The fourth-order valence-corrected chi connectivity index (χ4v) is 2.30. The molecule has 0 aliphatic carbocycles. The van der Waals surface area contributed by atoms with Crippen LogP contribution in [0.4, 0.5) is 4.39 Å². The summed E-state index contributed by atoms with van der Waals surface area (Å²) in [6.45, 7) is 6.87. The molecule has 1 aromatic carbocycles. The van der Waals surface area contributed by atoms with Crippen LogP contribution >= 0.6 is 0 Å². The molecule has 0 aliphatic heterocycles. The number of furan rings is 1. The van der Waals surface area contributed by atoms with E-state index >= 15 is 0 Å². The Balaban J connectivity index is 1.67. The third-order valence-corrected chi connectivity index (χ3v) is 3.60. The molecule has 6 nitrogen and oxygen atoms in total. The first-order valence-corrected chi connectivity index (χ1v) is 9.22. The van der Waals surface area contributed by atoms with Crippen LogP contribution in [0.25, 0.3) is 0 Å². The highest BCUT2D eigenvalue weighted by Crippen LogP contribution is 2.16. The molecule has 0 amide bonds. The van der Waals surface area contributed by atoms with Gasteiger partial charge < -0.3 is 24.5 Å². The van der Waals surface area contributed by atoms with Gasteiger partial charge in [-0.15, -0.1) is 0 Å². The van der Waals surface area contributed by atoms with Crippen molar-refractivity contribution in [3.05, 3.63) is 54.2 Å². The quantitative estimate of drug-likeness (QED) is 0.357. The highest BCUT2D eigenvalue weighted by Gasteiger charge is 2.08. The molecule has 0 bridgehead atoms. The molecule has 0 radical (unpaired) electrons. The Hall–Kier alpha value is -2.54. The smallest absolute Gasteiger partial charge is 0.191 e. The predicted octanol–water partition coefficient (Wildman–Crippen LogP) is 3.35. The Morgan fingerprint density at radius 3 is 2.81 bits per heavy atom. The van der Waals surface area contributed by atoms with E-state index in [1.807, 2.05) is 26.0 Å². The van der Waals surface area contributed by atoms with E-state index in [2.05, 4.69) is 15.6 Å². The Morgan fingerprint density at radius 2 is 2.07 bits per heavy atom. The molecule has 0 aliphatic rings. The number of hydrogen-bond donors (Lipinski definition) is 2. The lowest BCUT2D eigenvalue weighted by molar-refractivity contribution is 0.105. The molecule has 2 aromatic rings. The number of hydrogen-bond acceptors (Lipinski definition) is 4. The van der Waals surface area contributed by atoms with Gasteiger partial charge in [0.05, 0.1) is 12.8 Å². The fourth-order valence-electron chi connectivity index (χ4n) is 2.30. The number of aliphatic imine (C=N–C) groups is 1. The van der Waals surface area contributed by atoms with Crippen molar-refractivity contribution in [1.29, 1.82) is 0 Å². The summed E-state index contributed by atoms with van der Waals surface area (Å²) in [6, 6.07) is 10.1. The number of halogens is 1. The third-order valence-electron chi connectivity index (χ3n) is 3.60. The van der Waals surface area contributed by atoms with Crippen molar-refractivity contribution in [2.75, 3.05) is 26.2 Å². The number of ether oxygens (including phenoxy) is 2. The lowest BCUT2D eigenvalue weighted by Gasteiger charge is -2.15.